The normalized spacial score (nSPS) is 18.8. The third-order valence-corrected chi connectivity index (χ3v) is 3.82. The number of benzene rings is 1. The smallest absolute Gasteiger partial charge is 0.328 e. The van der Waals surface area contributed by atoms with Crippen molar-refractivity contribution >= 4 is 22.8 Å². The molecule has 0 aliphatic carbocycles. The van der Waals surface area contributed by atoms with Crippen molar-refractivity contribution in [1.82, 2.24) is 9.88 Å². The minimum Gasteiger partial charge on any atom is -0.467 e. The van der Waals surface area contributed by atoms with E-state index in [4.69, 9.17) is 4.74 Å². The summed E-state index contributed by atoms with van der Waals surface area (Å²) in [7, 11) is 1.36. The molecule has 5 nitrogen and oxygen atoms in total. The van der Waals surface area contributed by atoms with E-state index in [0.29, 0.717) is 19.4 Å². The molecule has 1 aromatic carbocycles. The fraction of sp³-hybridized carbons (Fsp3) is 0.333. The Morgan fingerprint density at radius 3 is 3.05 bits per heavy atom. The van der Waals surface area contributed by atoms with Crippen molar-refractivity contribution in [2.24, 2.45) is 0 Å². The number of nitrogens with one attached hydrogen (secondary N) is 1. The van der Waals surface area contributed by atoms with E-state index in [1.807, 2.05) is 30.5 Å². The first kappa shape index (κ1) is 12.7. The SMILES string of the molecule is COC(=O)C1CCC(=O)N1Cc1c[nH]c2ccccc12. The van der Waals surface area contributed by atoms with Crippen LogP contribution in [0.3, 0.4) is 0 Å². The molecule has 5 heteroatoms. The van der Waals surface area contributed by atoms with E-state index in [2.05, 4.69) is 4.98 Å². The van der Waals surface area contributed by atoms with Crippen molar-refractivity contribution in [2.75, 3.05) is 7.11 Å². The van der Waals surface area contributed by atoms with Crippen LogP contribution in [0.1, 0.15) is 18.4 Å². The van der Waals surface area contributed by atoms with Gasteiger partial charge in [-0.05, 0) is 18.1 Å². The molecule has 1 amide bonds. The largest absolute Gasteiger partial charge is 0.467 e. The van der Waals surface area contributed by atoms with Gasteiger partial charge in [0.1, 0.15) is 6.04 Å². The van der Waals surface area contributed by atoms with Gasteiger partial charge in [0, 0.05) is 30.1 Å². The average Bonchev–Trinajstić information content (AvgIpc) is 3.04. The summed E-state index contributed by atoms with van der Waals surface area (Å²) in [5, 5.41) is 1.08. The maximum Gasteiger partial charge on any atom is 0.328 e. The molecule has 1 fully saturated rings. The van der Waals surface area contributed by atoms with E-state index in [0.717, 1.165) is 16.5 Å². The van der Waals surface area contributed by atoms with Crippen LogP contribution in [-0.2, 0) is 20.9 Å². The highest BCUT2D eigenvalue weighted by Crippen LogP contribution is 2.25. The standard InChI is InChI=1S/C15H16N2O3/c1-20-15(19)13-6-7-14(18)17(13)9-10-8-16-12-5-3-2-4-11(10)12/h2-5,8,13,16H,6-7,9H2,1H3. The highest BCUT2D eigenvalue weighted by Gasteiger charge is 2.36. The van der Waals surface area contributed by atoms with E-state index < -0.39 is 6.04 Å². The Kier molecular flexibility index (Phi) is 3.18. The molecule has 1 aliphatic rings. The Balaban J connectivity index is 1.89. The number of fused-ring (bicyclic) bond motifs is 1. The lowest BCUT2D eigenvalue weighted by Gasteiger charge is -2.22. The predicted octanol–water partition coefficient (Wildman–Crippen LogP) is 1.83. The minimum atomic E-state index is -0.457. The zero-order valence-electron chi connectivity index (χ0n) is 11.3. The molecule has 20 heavy (non-hydrogen) atoms. The number of aromatic amines is 1. The van der Waals surface area contributed by atoms with Gasteiger partial charge in [-0.1, -0.05) is 18.2 Å². The van der Waals surface area contributed by atoms with E-state index >= 15 is 0 Å². The van der Waals surface area contributed by atoms with Crippen molar-refractivity contribution in [3.63, 3.8) is 0 Å². The van der Waals surface area contributed by atoms with Gasteiger partial charge in [-0.15, -0.1) is 0 Å². The van der Waals surface area contributed by atoms with Crippen molar-refractivity contribution in [1.29, 1.82) is 0 Å². The van der Waals surface area contributed by atoms with Gasteiger partial charge in [0.05, 0.1) is 7.11 Å². The Labute approximate surface area is 116 Å². The molecule has 0 saturated carbocycles. The number of para-hydroxylation sites is 1. The molecule has 2 heterocycles. The summed E-state index contributed by atoms with van der Waals surface area (Å²) >= 11 is 0. The van der Waals surface area contributed by atoms with Crippen LogP contribution < -0.4 is 0 Å². The highest BCUT2D eigenvalue weighted by atomic mass is 16.5. The number of methoxy groups -OCH3 is 1. The molecule has 3 rings (SSSR count). The zero-order chi connectivity index (χ0) is 14.1. The monoisotopic (exact) mass is 272 g/mol. The second-order valence-electron chi connectivity index (χ2n) is 4.96. The summed E-state index contributed by atoms with van der Waals surface area (Å²) in [6.07, 6.45) is 2.83. The first-order chi connectivity index (χ1) is 9.70. The number of rotatable bonds is 3. The lowest BCUT2D eigenvalue weighted by Crippen LogP contribution is -2.38. The van der Waals surface area contributed by atoms with E-state index in [1.54, 1.807) is 4.90 Å². The first-order valence-electron chi connectivity index (χ1n) is 6.63. The molecule has 0 bridgehead atoms. The number of esters is 1. The van der Waals surface area contributed by atoms with Crippen LogP contribution >= 0.6 is 0 Å². The lowest BCUT2D eigenvalue weighted by atomic mass is 10.1. The molecule has 1 unspecified atom stereocenters. The van der Waals surface area contributed by atoms with Gasteiger partial charge in [-0.3, -0.25) is 4.79 Å². The number of aromatic nitrogens is 1. The number of hydrogen-bond donors (Lipinski definition) is 1. The summed E-state index contributed by atoms with van der Waals surface area (Å²) in [4.78, 5) is 28.5. The van der Waals surface area contributed by atoms with E-state index in [-0.39, 0.29) is 11.9 Å². The Morgan fingerprint density at radius 2 is 2.25 bits per heavy atom. The molecule has 1 N–H and O–H groups in total. The summed E-state index contributed by atoms with van der Waals surface area (Å²) in [5.74, 6) is -0.332. The van der Waals surface area contributed by atoms with Crippen molar-refractivity contribution in [3.05, 3.63) is 36.0 Å². The molecule has 1 saturated heterocycles. The van der Waals surface area contributed by atoms with Gasteiger partial charge in [0.2, 0.25) is 5.91 Å². The number of likely N-dealkylation sites (tertiary alicyclic amines) is 1. The van der Waals surface area contributed by atoms with Gasteiger partial charge in [-0.25, -0.2) is 4.79 Å². The van der Waals surface area contributed by atoms with Gasteiger partial charge < -0.3 is 14.6 Å². The number of carbonyl (C=O) groups excluding carboxylic acids is 2. The summed E-state index contributed by atoms with van der Waals surface area (Å²) < 4.78 is 4.78. The number of carbonyl (C=O) groups is 2. The van der Waals surface area contributed by atoms with Gasteiger partial charge in [-0.2, -0.15) is 0 Å². The molecule has 1 aliphatic heterocycles. The second-order valence-corrected chi connectivity index (χ2v) is 4.96. The summed E-state index contributed by atoms with van der Waals surface area (Å²) in [6.45, 7) is 0.433. The quantitative estimate of drug-likeness (QED) is 0.867. The van der Waals surface area contributed by atoms with Crippen LogP contribution in [0.15, 0.2) is 30.5 Å². The molecule has 2 aromatic rings. The third-order valence-electron chi connectivity index (χ3n) is 3.82. The van der Waals surface area contributed by atoms with Crippen molar-refractivity contribution in [2.45, 2.75) is 25.4 Å². The molecule has 104 valence electrons. The average molecular weight is 272 g/mol. The fourth-order valence-corrected chi connectivity index (χ4v) is 2.76. The van der Waals surface area contributed by atoms with Crippen LogP contribution in [0.25, 0.3) is 10.9 Å². The van der Waals surface area contributed by atoms with Crippen LogP contribution in [0.4, 0.5) is 0 Å². The molecule has 0 spiro atoms. The molecular weight excluding hydrogens is 256 g/mol. The molecular formula is C15H16N2O3. The number of hydrogen-bond acceptors (Lipinski definition) is 3. The molecule has 1 aromatic heterocycles. The number of H-pyrrole nitrogens is 1. The van der Waals surface area contributed by atoms with Crippen LogP contribution in [0, 0.1) is 0 Å². The predicted molar refractivity (Wildman–Crippen MR) is 73.9 cm³/mol. The molecule has 1 atom stereocenters. The maximum absolute atomic E-state index is 12.0. The topological polar surface area (TPSA) is 62.4 Å². The van der Waals surface area contributed by atoms with Crippen molar-refractivity contribution < 1.29 is 14.3 Å². The number of nitrogens with zero attached hydrogens (tertiary/aromatic N) is 1. The Bertz CT molecular complexity index is 662. The number of ether oxygens (including phenoxy) is 1. The zero-order valence-corrected chi connectivity index (χ0v) is 11.3. The summed E-state index contributed by atoms with van der Waals surface area (Å²) in [6, 6.07) is 7.46. The fourth-order valence-electron chi connectivity index (χ4n) is 2.76. The van der Waals surface area contributed by atoms with Gasteiger partial charge >= 0.3 is 5.97 Å². The Morgan fingerprint density at radius 1 is 1.45 bits per heavy atom. The van der Waals surface area contributed by atoms with Gasteiger partial charge in [0.25, 0.3) is 0 Å². The highest BCUT2D eigenvalue weighted by molar-refractivity contribution is 5.89. The first-order valence-corrected chi connectivity index (χ1v) is 6.63. The lowest BCUT2D eigenvalue weighted by molar-refractivity contribution is -0.149. The third kappa shape index (κ3) is 2.05. The van der Waals surface area contributed by atoms with E-state index in [1.165, 1.54) is 7.11 Å². The maximum atomic E-state index is 12.0. The summed E-state index contributed by atoms with van der Waals surface area (Å²) in [5.41, 5.74) is 2.05. The van der Waals surface area contributed by atoms with Crippen molar-refractivity contribution in [3.8, 4) is 0 Å². The second kappa shape index (κ2) is 5.00. The van der Waals surface area contributed by atoms with Gasteiger partial charge in [0.15, 0.2) is 0 Å². The van der Waals surface area contributed by atoms with E-state index in [9.17, 15) is 9.59 Å². The van der Waals surface area contributed by atoms with Crippen LogP contribution in [-0.4, -0.2) is 34.9 Å². The van der Waals surface area contributed by atoms with Crippen LogP contribution in [0.5, 0.6) is 0 Å². The number of amides is 1. The molecule has 0 radical (unpaired) electrons. The van der Waals surface area contributed by atoms with Crippen LogP contribution in [0.2, 0.25) is 0 Å². The Hall–Kier alpha value is -2.30. The minimum absolute atomic E-state index is 0.00526.